The summed E-state index contributed by atoms with van der Waals surface area (Å²) >= 11 is 0. The molecule has 36 atom stereocenters. The lowest BCUT2D eigenvalue weighted by Crippen LogP contribution is -2.72. The van der Waals surface area contributed by atoms with Gasteiger partial charge in [0, 0.05) is 27.2 Å². The van der Waals surface area contributed by atoms with Gasteiger partial charge in [-0.05, 0) is 6.92 Å². The molecule has 0 aliphatic carbocycles. The fourth-order valence-electron chi connectivity index (χ4n) is 11.8. The molecular formula is C51H85N3O38. The van der Waals surface area contributed by atoms with Gasteiger partial charge in [-0.2, -0.15) is 0 Å². The van der Waals surface area contributed by atoms with E-state index in [0.29, 0.717) is 0 Å². The first-order chi connectivity index (χ1) is 43.3. The van der Waals surface area contributed by atoms with Crippen molar-refractivity contribution in [2.45, 2.75) is 254 Å². The molecule has 41 nitrogen and oxygen atoms in total. The van der Waals surface area contributed by atoms with Crippen molar-refractivity contribution in [2.24, 2.45) is 0 Å². The molecule has 7 heterocycles. The van der Waals surface area contributed by atoms with Crippen molar-refractivity contribution in [1.82, 2.24) is 16.0 Å². The van der Waals surface area contributed by atoms with Crippen LogP contribution in [0.1, 0.15) is 34.1 Å². The molecule has 0 aromatic heterocycles. The van der Waals surface area contributed by atoms with Crippen LogP contribution in [0.15, 0.2) is 0 Å². The Morgan fingerprint density at radius 2 is 0.859 bits per heavy atom. The number of ether oxygens (including phenoxy) is 13. The summed E-state index contributed by atoms with van der Waals surface area (Å²) < 4.78 is 75.8. The zero-order valence-electron chi connectivity index (χ0n) is 49.5. The first-order valence-corrected chi connectivity index (χ1v) is 29.1. The van der Waals surface area contributed by atoms with Crippen LogP contribution in [0.5, 0.6) is 0 Å². The number of carbonyl (C=O) groups excluding carboxylic acids is 3. The van der Waals surface area contributed by atoms with Gasteiger partial charge in [0.25, 0.3) is 5.79 Å². The lowest BCUT2D eigenvalue weighted by molar-refractivity contribution is -0.395. The van der Waals surface area contributed by atoms with Gasteiger partial charge in [-0.3, -0.25) is 14.4 Å². The number of aliphatic carboxylic acids is 1. The Kier molecular flexibility index (Phi) is 26.6. The number of amides is 3. The molecule has 0 radical (unpaired) electrons. The van der Waals surface area contributed by atoms with E-state index in [1.165, 1.54) is 6.92 Å². The second-order valence-corrected chi connectivity index (χ2v) is 23.2. The molecule has 0 aromatic rings. The van der Waals surface area contributed by atoms with Crippen molar-refractivity contribution < 1.29 is 188 Å². The molecule has 41 heteroatoms. The average Bonchev–Trinajstić information content (AvgIpc) is 0.768. The lowest BCUT2D eigenvalue weighted by Gasteiger charge is -2.52. The van der Waals surface area contributed by atoms with Crippen LogP contribution in [0.25, 0.3) is 0 Å². The van der Waals surface area contributed by atoms with Crippen LogP contribution in [0.3, 0.4) is 0 Å². The molecule has 0 spiro atoms. The SMILES string of the molecule is CC(=O)N[C@H]1[C@H](O[C@H]2[C@@H](O)[C@@H](CO)O[C@@H](O[C@H]3[C@H](O[C@@H]4O[C@@H](C)[C@@H](O)[C@@H](O)[C@@H]4O)[C@@H](NC(C)=O)[C@H](O[C@@H]4[C@@H](O)[C@H](O)O[C@H](CO)[C@@H]4O)O[C@@H]3CO)[C@@H]2O)O[C@H](CO)[C@@H](O[C@@H]2O[C@H](CO)[C@H](O)[C@H](O[C@]3(C(=O)O)C[C@H](O)[C@@H](NC(C)=O)[C@H]([C@H](O)[C@H](O)CO)O3)[C@H]2O)[C@@H]1O. The summed E-state index contributed by atoms with van der Waals surface area (Å²) in [6, 6.07) is -5.52. The van der Waals surface area contributed by atoms with Gasteiger partial charge < -0.3 is 185 Å². The highest BCUT2D eigenvalue weighted by atomic mass is 16.8. The van der Waals surface area contributed by atoms with E-state index in [0.717, 1.165) is 20.8 Å². The number of hydrogen-bond acceptors (Lipinski definition) is 37. The van der Waals surface area contributed by atoms with Crippen molar-refractivity contribution in [2.75, 3.05) is 39.6 Å². The Hall–Kier alpha value is -3.44. The summed E-state index contributed by atoms with van der Waals surface area (Å²) in [5, 5.41) is 236. The topological polar surface area (TPSA) is 649 Å². The van der Waals surface area contributed by atoms with E-state index in [9.17, 15) is 126 Å². The van der Waals surface area contributed by atoms with Crippen LogP contribution in [-0.4, -0.2) is 391 Å². The molecule has 532 valence electrons. The smallest absolute Gasteiger partial charge is 0.364 e. The normalized spacial score (nSPS) is 47.6. The van der Waals surface area contributed by atoms with Crippen LogP contribution in [-0.2, 0) is 80.8 Å². The maximum atomic E-state index is 13.1. The minimum atomic E-state index is -3.24. The van der Waals surface area contributed by atoms with Crippen molar-refractivity contribution in [3.63, 3.8) is 0 Å². The summed E-state index contributed by atoms with van der Waals surface area (Å²) in [6.45, 7) is -2.60. The van der Waals surface area contributed by atoms with Crippen molar-refractivity contribution >= 4 is 23.7 Å². The number of carboxylic acid groups (broad SMARTS) is 1. The molecular weight excluding hydrogens is 1260 g/mol. The maximum Gasteiger partial charge on any atom is 0.364 e. The van der Waals surface area contributed by atoms with Crippen molar-refractivity contribution in [1.29, 1.82) is 0 Å². The highest BCUT2D eigenvalue weighted by Gasteiger charge is 2.62. The first-order valence-electron chi connectivity index (χ1n) is 29.1. The number of aliphatic hydroxyl groups is 20. The van der Waals surface area contributed by atoms with Gasteiger partial charge >= 0.3 is 5.97 Å². The summed E-state index contributed by atoms with van der Waals surface area (Å²) in [5.41, 5.74) is 0. The van der Waals surface area contributed by atoms with Gasteiger partial charge in [0.05, 0.1) is 57.9 Å². The Morgan fingerprint density at radius 3 is 1.37 bits per heavy atom. The van der Waals surface area contributed by atoms with Crippen LogP contribution in [0.4, 0.5) is 0 Å². The predicted molar refractivity (Wildman–Crippen MR) is 282 cm³/mol. The highest BCUT2D eigenvalue weighted by molar-refractivity contribution is 5.77. The summed E-state index contributed by atoms with van der Waals surface area (Å²) in [4.78, 5) is 51.2. The van der Waals surface area contributed by atoms with Gasteiger partial charge in [-0.15, -0.1) is 0 Å². The van der Waals surface area contributed by atoms with E-state index < -0.39 is 290 Å². The molecule has 92 heavy (non-hydrogen) atoms. The lowest BCUT2D eigenvalue weighted by atomic mass is 9.88. The average molecular weight is 1350 g/mol. The molecule has 7 rings (SSSR count). The third kappa shape index (κ3) is 16.2. The van der Waals surface area contributed by atoms with E-state index in [1.54, 1.807) is 0 Å². The zero-order chi connectivity index (χ0) is 68.3. The van der Waals surface area contributed by atoms with E-state index in [2.05, 4.69) is 16.0 Å². The van der Waals surface area contributed by atoms with Gasteiger partial charge in [0.1, 0.15) is 159 Å². The van der Waals surface area contributed by atoms with Crippen LogP contribution in [0, 0.1) is 0 Å². The number of rotatable bonds is 24. The van der Waals surface area contributed by atoms with Gasteiger partial charge in [0.2, 0.25) is 17.7 Å². The third-order valence-corrected chi connectivity index (χ3v) is 16.7. The van der Waals surface area contributed by atoms with E-state index in [4.69, 9.17) is 61.6 Å². The quantitative estimate of drug-likeness (QED) is 0.0427. The molecule has 7 saturated heterocycles. The molecule has 24 N–H and O–H groups in total. The summed E-state index contributed by atoms with van der Waals surface area (Å²) in [6.07, 6.45) is -66.9. The molecule has 7 aliphatic heterocycles. The standard InChI is InChI=1S/C51H85N3O38/c1-12-26(66)32(72)33(73)47(80-12)88-40-25(54-15(4)63)46(89-41-28(68)18(7-56)81-44(77)34(41)74)85-22(11-60)38(40)87-48-35(75)42(29(69)19(8-57)82-48)90-45-24(53-14(3)62)31(71)37(21(10-59)84-45)86-49-36(76)43(30(70)20(9-58)83-49)92-51(50(78)79)5-16(64)23(52-13(2)61)39(91-51)27(67)17(65)6-55/h12,16-49,55-60,64-77H,5-11H2,1-4H3,(H,52,61)(H,53,62)(H,54,63)(H,78,79)/t12-,16-,17+,18+,19+,20+,21+,22+,23+,24+,25+,26+,27+,28-,29-,30-,31+,32+,33-,34+,35+,36+,37+,38+,39+,40+,41-,42-,43-,44+,45-,46-,47-,48-,49-,51-/m0/s1. The minimum Gasteiger partial charge on any atom is -0.477 e. The fraction of sp³-hybridized carbons (Fsp3) is 0.922. The van der Waals surface area contributed by atoms with Gasteiger partial charge in [-0.1, -0.05) is 0 Å². The minimum absolute atomic E-state index is 0.844. The van der Waals surface area contributed by atoms with Gasteiger partial charge in [-0.25, -0.2) is 4.79 Å². The van der Waals surface area contributed by atoms with Crippen LogP contribution in [0.2, 0.25) is 0 Å². The molecule has 0 saturated carbocycles. The van der Waals surface area contributed by atoms with Gasteiger partial charge in [0.15, 0.2) is 37.7 Å². The highest BCUT2D eigenvalue weighted by Crippen LogP contribution is 2.41. The number of hydrogen-bond donors (Lipinski definition) is 24. The Bertz CT molecular complexity index is 2400. The first kappa shape index (κ1) is 75.9. The molecule has 7 aliphatic rings. The number of carbonyl (C=O) groups is 4. The summed E-state index contributed by atoms with van der Waals surface area (Å²) in [7, 11) is 0. The molecule has 0 bridgehead atoms. The Morgan fingerprint density at radius 1 is 0.446 bits per heavy atom. The monoisotopic (exact) mass is 1350 g/mol. The van der Waals surface area contributed by atoms with E-state index in [-0.39, 0.29) is 0 Å². The van der Waals surface area contributed by atoms with Crippen molar-refractivity contribution in [3.8, 4) is 0 Å². The molecule has 3 amide bonds. The maximum absolute atomic E-state index is 13.1. The molecule has 7 fully saturated rings. The third-order valence-electron chi connectivity index (χ3n) is 16.7. The number of aliphatic hydroxyl groups excluding tert-OH is 20. The summed E-state index contributed by atoms with van der Waals surface area (Å²) in [5.74, 6) is -8.06. The van der Waals surface area contributed by atoms with Crippen LogP contribution >= 0.6 is 0 Å². The Balaban J connectivity index is 1.17. The van der Waals surface area contributed by atoms with E-state index >= 15 is 0 Å². The predicted octanol–water partition coefficient (Wildman–Crippen LogP) is -15.6. The second-order valence-electron chi connectivity index (χ2n) is 23.2. The fourth-order valence-corrected chi connectivity index (χ4v) is 11.8. The van der Waals surface area contributed by atoms with E-state index in [1.807, 2.05) is 0 Å². The molecule has 0 aromatic carbocycles. The van der Waals surface area contributed by atoms with Crippen LogP contribution < -0.4 is 16.0 Å². The largest absolute Gasteiger partial charge is 0.477 e. The Labute approximate surface area is 520 Å². The molecule has 0 unspecified atom stereocenters. The second kappa shape index (κ2) is 32.3. The number of nitrogens with one attached hydrogen (secondary N) is 3. The zero-order valence-corrected chi connectivity index (χ0v) is 49.5. The number of carboxylic acids is 1. The van der Waals surface area contributed by atoms with Crippen molar-refractivity contribution in [3.05, 3.63) is 0 Å².